The number of benzene rings is 3. The van der Waals surface area contributed by atoms with Gasteiger partial charge in [-0.2, -0.15) is 4.31 Å². The lowest BCUT2D eigenvalue weighted by molar-refractivity contribution is -0.384. The van der Waals surface area contributed by atoms with E-state index in [1.165, 1.54) is 52.0 Å². The number of nitrogens with zero attached hydrogens (tertiary/aromatic N) is 6. The zero-order valence-corrected chi connectivity index (χ0v) is 25.6. The van der Waals surface area contributed by atoms with Crippen molar-refractivity contribution in [3.63, 3.8) is 0 Å². The summed E-state index contributed by atoms with van der Waals surface area (Å²) in [6.45, 7) is 2.75. The molecule has 44 heavy (non-hydrogen) atoms. The van der Waals surface area contributed by atoms with E-state index < -0.39 is 14.9 Å². The molecule has 2 aliphatic heterocycles. The summed E-state index contributed by atoms with van der Waals surface area (Å²) in [5.41, 5.74) is 3.55. The zero-order valence-electron chi connectivity index (χ0n) is 23.2. The maximum absolute atomic E-state index is 13.8. The highest BCUT2D eigenvalue weighted by Gasteiger charge is 2.35. The molecule has 0 aliphatic carbocycles. The SMILES string of the molecule is Cc1nnc2n1-c1sc3c(c1C(c1ccccc1Cl)=NC2)CCN(S(=O)(=O)c1ccc(Oc2ccc([N+](=O)[O-])cc2)cc1)C3. The molecule has 0 radical (unpaired) electrons. The number of thiophene rings is 1. The normalized spacial score (nSPS) is 14.6. The van der Waals surface area contributed by atoms with E-state index in [2.05, 4.69) is 10.2 Å². The number of fused-ring (bicyclic) bond motifs is 5. The Labute approximate surface area is 261 Å². The van der Waals surface area contributed by atoms with Crippen LogP contribution < -0.4 is 4.74 Å². The number of nitro groups is 1. The van der Waals surface area contributed by atoms with Gasteiger partial charge in [0.05, 0.1) is 15.5 Å². The zero-order chi connectivity index (χ0) is 30.6. The van der Waals surface area contributed by atoms with Crippen molar-refractivity contribution in [3.8, 4) is 16.5 Å². The average Bonchev–Trinajstić information content (AvgIpc) is 3.53. The van der Waals surface area contributed by atoms with Gasteiger partial charge in [-0.15, -0.1) is 21.5 Å². The maximum atomic E-state index is 13.8. The second kappa shape index (κ2) is 10.9. The van der Waals surface area contributed by atoms with E-state index in [-0.39, 0.29) is 17.1 Å². The van der Waals surface area contributed by atoms with Gasteiger partial charge in [-0.05, 0) is 61.4 Å². The number of hydrogen-bond donors (Lipinski definition) is 0. The Morgan fingerprint density at radius 2 is 1.70 bits per heavy atom. The van der Waals surface area contributed by atoms with Crippen LogP contribution in [0.25, 0.3) is 5.00 Å². The molecule has 0 spiro atoms. The molecule has 7 rings (SSSR count). The van der Waals surface area contributed by atoms with Crippen LogP contribution in [-0.2, 0) is 29.5 Å². The van der Waals surface area contributed by atoms with E-state index in [4.69, 9.17) is 21.3 Å². The van der Waals surface area contributed by atoms with Crippen LogP contribution in [0.4, 0.5) is 5.69 Å². The molecule has 0 saturated heterocycles. The van der Waals surface area contributed by atoms with Crippen LogP contribution in [0.2, 0.25) is 5.02 Å². The Balaban J connectivity index is 1.19. The van der Waals surface area contributed by atoms with Crippen molar-refractivity contribution in [2.24, 2.45) is 4.99 Å². The summed E-state index contributed by atoms with van der Waals surface area (Å²) in [5, 5.41) is 21.0. The summed E-state index contributed by atoms with van der Waals surface area (Å²) in [6.07, 6.45) is 0.502. The molecule has 11 nitrogen and oxygen atoms in total. The first-order valence-corrected chi connectivity index (χ1v) is 16.2. The highest BCUT2D eigenvalue weighted by Crippen LogP contribution is 2.41. The highest BCUT2D eigenvalue weighted by molar-refractivity contribution is 7.89. The first-order chi connectivity index (χ1) is 21.2. The van der Waals surface area contributed by atoms with Gasteiger partial charge in [-0.3, -0.25) is 19.7 Å². The number of ether oxygens (including phenoxy) is 1. The summed E-state index contributed by atoms with van der Waals surface area (Å²) in [4.78, 5) is 16.4. The quantitative estimate of drug-likeness (QED) is 0.161. The summed E-state index contributed by atoms with van der Waals surface area (Å²) < 4.78 is 36.8. The third kappa shape index (κ3) is 4.87. The number of aliphatic imine (C=N–C) groups is 1. The number of hydrogen-bond acceptors (Lipinski definition) is 9. The van der Waals surface area contributed by atoms with Crippen LogP contribution in [-0.4, -0.2) is 44.7 Å². The third-order valence-electron chi connectivity index (χ3n) is 7.59. The molecule has 2 aliphatic rings. The molecule has 0 fully saturated rings. The first-order valence-electron chi connectivity index (χ1n) is 13.6. The number of halogens is 1. The Morgan fingerprint density at radius 1 is 1.00 bits per heavy atom. The molecule has 14 heteroatoms. The Bertz CT molecular complexity index is 2070. The number of aryl methyl sites for hydroxylation is 1. The van der Waals surface area contributed by atoms with E-state index in [0.29, 0.717) is 41.9 Å². The van der Waals surface area contributed by atoms with Crippen LogP contribution in [0.1, 0.15) is 33.2 Å². The van der Waals surface area contributed by atoms with Crippen LogP contribution in [0, 0.1) is 17.0 Å². The lowest BCUT2D eigenvalue weighted by Gasteiger charge is -2.27. The predicted octanol–water partition coefficient (Wildman–Crippen LogP) is 6.09. The summed E-state index contributed by atoms with van der Waals surface area (Å²) in [6, 6.07) is 19.4. The molecule has 0 unspecified atom stereocenters. The van der Waals surface area contributed by atoms with Crippen molar-refractivity contribution < 1.29 is 18.1 Å². The number of rotatable bonds is 6. The Morgan fingerprint density at radius 3 is 2.41 bits per heavy atom. The number of sulfonamides is 1. The van der Waals surface area contributed by atoms with E-state index >= 15 is 0 Å². The molecule has 0 atom stereocenters. The summed E-state index contributed by atoms with van der Waals surface area (Å²) >= 11 is 8.16. The van der Waals surface area contributed by atoms with Crippen LogP contribution in [0.5, 0.6) is 11.5 Å². The molecule has 5 aromatic rings. The molecule has 0 saturated carbocycles. The average molecular weight is 647 g/mol. The Hall–Kier alpha value is -4.43. The van der Waals surface area contributed by atoms with Gasteiger partial charge in [0.2, 0.25) is 10.0 Å². The van der Waals surface area contributed by atoms with E-state index in [0.717, 1.165) is 38.1 Å². The second-order valence-electron chi connectivity index (χ2n) is 10.2. The van der Waals surface area contributed by atoms with Gasteiger partial charge in [0, 0.05) is 46.2 Å². The molecular weight excluding hydrogens is 624 g/mol. The van der Waals surface area contributed by atoms with E-state index in [1.807, 2.05) is 35.8 Å². The summed E-state index contributed by atoms with van der Waals surface area (Å²) in [7, 11) is -3.82. The summed E-state index contributed by atoms with van der Waals surface area (Å²) in [5.74, 6) is 2.26. The fourth-order valence-electron chi connectivity index (χ4n) is 5.45. The number of aromatic nitrogens is 3. The largest absolute Gasteiger partial charge is 0.457 e. The van der Waals surface area contributed by atoms with Crippen molar-refractivity contribution in [1.29, 1.82) is 0 Å². The van der Waals surface area contributed by atoms with Gasteiger partial charge < -0.3 is 4.74 Å². The molecule has 2 aromatic heterocycles. The van der Waals surface area contributed by atoms with Crippen molar-refractivity contribution in [2.75, 3.05) is 6.54 Å². The lowest BCUT2D eigenvalue weighted by Crippen LogP contribution is -2.35. The minimum absolute atomic E-state index is 0.0460. The highest BCUT2D eigenvalue weighted by atomic mass is 35.5. The smallest absolute Gasteiger partial charge is 0.269 e. The molecular formula is C30H23ClN6O5S2. The maximum Gasteiger partial charge on any atom is 0.269 e. The number of nitro benzene ring substituents is 1. The number of non-ortho nitro benzene ring substituents is 1. The molecule has 3 aromatic carbocycles. The third-order valence-corrected chi connectivity index (χ3v) is 11.0. The fourth-order valence-corrected chi connectivity index (χ4v) is 8.60. The van der Waals surface area contributed by atoms with Crippen LogP contribution in [0.3, 0.4) is 0 Å². The van der Waals surface area contributed by atoms with Crippen LogP contribution >= 0.6 is 22.9 Å². The van der Waals surface area contributed by atoms with Crippen LogP contribution in [0.15, 0.2) is 82.7 Å². The molecule has 0 bridgehead atoms. The fraction of sp³-hybridized carbons (Fsp3) is 0.167. The minimum Gasteiger partial charge on any atom is -0.457 e. The monoisotopic (exact) mass is 646 g/mol. The lowest BCUT2D eigenvalue weighted by atomic mass is 9.96. The van der Waals surface area contributed by atoms with Crippen molar-refractivity contribution in [2.45, 2.75) is 31.3 Å². The Kier molecular flexibility index (Phi) is 7.04. The van der Waals surface area contributed by atoms with Gasteiger partial charge >= 0.3 is 0 Å². The minimum atomic E-state index is -3.82. The van der Waals surface area contributed by atoms with Gasteiger partial charge in [-0.1, -0.05) is 29.8 Å². The van der Waals surface area contributed by atoms with Gasteiger partial charge in [0.15, 0.2) is 5.82 Å². The molecule has 222 valence electrons. The van der Waals surface area contributed by atoms with Crippen molar-refractivity contribution in [1.82, 2.24) is 19.1 Å². The first kappa shape index (κ1) is 28.3. The van der Waals surface area contributed by atoms with Gasteiger partial charge in [0.25, 0.3) is 5.69 Å². The predicted molar refractivity (Wildman–Crippen MR) is 166 cm³/mol. The topological polar surface area (TPSA) is 133 Å². The second-order valence-corrected chi connectivity index (χ2v) is 13.7. The van der Waals surface area contributed by atoms with Crippen molar-refractivity contribution in [3.05, 3.63) is 121 Å². The van der Waals surface area contributed by atoms with E-state index in [9.17, 15) is 18.5 Å². The van der Waals surface area contributed by atoms with Gasteiger partial charge in [0.1, 0.15) is 28.9 Å². The molecule has 0 amide bonds. The molecule has 0 N–H and O–H groups in total. The van der Waals surface area contributed by atoms with Gasteiger partial charge in [-0.25, -0.2) is 8.42 Å². The van der Waals surface area contributed by atoms with Crippen molar-refractivity contribution >= 4 is 44.4 Å². The standard InChI is InChI=1S/C30H23ClN6O5S2/c1-18-33-34-27-16-32-29(23-4-2-3-5-25(23)31)28-24-14-15-35(17-26(24)43-30(28)36(18)27)44(40,41)22-12-10-21(11-13-22)42-20-8-6-19(7-9-20)37(38)39/h2-13H,14-17H2,1H3. The van der Waals surface area contributed by atoms with E-state index in [1.54, 1.807) is 12.1 Å². The molecule has 4 heterocycles.